The molecule has 0 aliphatic carbocycles. The monoisotopic (exact) mass is 318 g/mol. The average Bonchev–Trinajstić information content (AvgIpc) is 2.40. The molecule has 2 aromatic carbocycles. The third-order valence-electron chi connectivity index (χ3n) is 3.17. The minimum absolute atomic E-state index is 0.0372. The smallest absolute Gasteiger partial charge is 0.0422 e. The molecule has 100 valence electrons. The Hall–Kier alpha value is -1.32. The lowest BCUT2D eigenvalue weighted by atomic mass is 10.1. The van der Waals surface area contributed by atoms with E-state index in [-0.39, 0.29) is 6.04 Å². The van der Waals surface area contributed by atoms with Crippen molar-refractivity contribution < 1.29 is 0 Å². The number of hydrogen-bond donors (Lipinski definition) is 1. The number of benzene rings is 2. The molecule has 0 amide bonds. The number of hydrogen-bond acceptors (Lipinski definition) is 2. The number of anilines is 2. The van der Waals surface area contributed by atoms with Gasteiger partial charge in [0.05, 0.1) is 0 Å². The normalized spacial score (nSPS) is 12.2. The number of para-hydroxylation sites is 1. The summed E-state index contributed by atoms with van der Waals surface area (Å²) < 4.78 is 1.06. The zero-order valence-electron chi connectivity index (χ0n) is 11.3. The van der Waals surface area contributed by atoms with Crippen LogP contribution in [0.2, 0.25) is 0 Å². The molecule has 2 rings (SSSR count). The molecule has 0 aliphatic heterocycles. The summed E-state index contributed by atoms with van der Waals surface area (Å²) in [6.07, 6.45) is 0. The van der Waals surface area contributed by atoms with Gasteiger partial charge in [0, 0.05) is 28.4 Å². The van der Waals surface area contributed by atoms with E-state index in [2.05, 4.69) is 70.2 Å². The summed E-state index contributed by atoms with van der Waals surface area (Å²) in [6.45, 7) is 5.07. The molecule has 0 fully saturated rings. The van der Waals surface area contributed by atoms with E-state index in [1.807, 2.05) is 13.0 Å². The van der Waals surface area contributed by atoms with Crippen molar-refractivity contribution in [2.45, 2.75) is 19.9 Å². The van der Waals surface area contributed by atoms with Crippen LogP contribution in [0.25, 0.3) is 0 Å². The summed E-state index contributed by atoms with van der Waals surface area (Å²) in [6, 6.07) is 16.8. The number of rotatable bonds is 4. The van der Waals surface area contributed by atoms with Gasteiger partial charge in [0.1, 0.15) is 0 Å². The summed E-state index contributed by atoms with van der Waals surface area (Å²) in [7, 11) is 0. The second kappa shape index (κ2) is 6.22. The Morgan fingerprint density at radius 3 is 2.32 bits per heavy atom. The Kier molecular flexibility index (Phi) is 4.61. The fourth-order valence-electron chi connectivity index (χ4n) is 2.18. The van der Waals surface area contributed by atoms with Crippen LogP contribution in [-0.4, -0.2) is 6.54 Å². The van der Waals surface area contributed by atoms with Gasteiger partial charge < -0.3 is 10.6 Å². The molecule has 19 heavy (non-hydrogen) atoms. The van der Waals surface area contributed by atoms with E-state index in [0.29, 0.717) is 0 Å². The van der Waals surface area contributed by atoms with Crippen LogP contribution in [0, 0.1) is 0 Å². The minimum Gasteiger partial charge on any atom is -0.342 e. The predicted octanol–water partition coefficient (Wildman–Crippen LogP) is 4.63. The molecule has 2 aromatic rings. The van der Waals surface area contributed by atoms with Gasteiger partial charge >= 0.3 is 0 Å². The highest BCUT2D eigenvalue weighted by Crippen LogP contribution is 2.31. The largest absolute Gasteiger partial charge is 0.342 e. The molecule has 2 N–H and O–H groups in total. The van der Waals surface area contributed by atoms with Crippen LogP contribution >= 0.6 is 15.9 Å². The Morgan fingerprint density at radius 2 is 1.79 bits per heavy atom. The third kappa shape index (κ3) is 3.17. The molecule has 0 aliphatic rings. The maximum atomic E-state index is 5.94. The van der Waals surface area contributed by atoms with E-state index in [0.717, 1.165) is 16.6 Å². The van der Waals surface area contributed by atoms with Crippen molar-refractivity contribution in [1.29, 1.82) is 0 Å². The maximum Gasteiger partial charge on any atom is 0.0422 e. The lowest BCUT2D eigenvalue weighted by molar-refractivity contribution is 0.813. The first-order valence-corrected chi connectivity index (χ1v) is 7.30. The van der Waals surface area contributed by atoms with Crippen LogP contribution in [0.3, 0.4) is 0 Å². The van der Waals surface area contributed by atoms with Gasteiger partial charge in [0.2, 0.25) is 0 Å². The van der Waals surface area contributed by atoms with Crippen molar-refractivity contribution in [3.05, 3.63) is 58.6 Å². The van der Waals surface area contributed by atoms with Crippen molar-refractivity contribution in [2.24, 2.45) is 5.73 Å². The minimum atomic E-state index is 0.0372. The highest BCUT2D eigenvalue weighted by molar-refractivity contribution is 9.10. The maximum absolute atomic E-state index is 5.94. The van der Waals surface area contributed by atoms with Crippen molar-refractivity contribution in [1.82, 2.24) is 0 Å². The van der Waals surface area contributed by atoms with E-state index < -0.39 is 0 Å². The molecular formula is C16H19BrN2. The molecule has 0 aromatic heterocycles. The van der Waals surface area contributed by atoms with E-state index >= 15 is 0 Å². The SMILES string of the molecule is CCN(c1ccccc1)c1ccc([C@@H](C)N)c(Br)c1. The topological polar surface area (TPSA) is 29.3 Å². The van der Waals surface area contributed by atoms with Crippen LogP contribution in [-0.2, 0) is 0 Å². The number of nitrogens with two attached hydrogens (primary N) is 1. The van der Waals surface area contributed by atoms with Gasteiger partial charge in [-0.25, -0.2) is 0 Å². The highest BCUT2D eigenvalue weighted by atomic mass is 79.9. The summed E-state index contributed by atoms with van der Waals surface area (Å²) >= 11 is 3.61. The fourth-order valence-corrected chi connectivity index (χ4v) is 2.90. The molecule has 3 heteroatoms. The Balaban J connectivity index is 2.37. The Labute approximate surface area is 123 Å². The van der Waals surface area contributed by atoms with E-state index in [1.165, 1.54) is 11.4 Å². The van der Waals surface area contributed by atoms with Crippen molar-refractivity contribution in [3.8, 4) is 0 Å². The average molecular weight is 319 g/mol. The van der Waals surface area contributed by atoms with Gasteiger partial charge in [0.15, 0.2) is 0 Å². The summed E-state index contributed by atoms with van der Waals surface area (Å²) in [4.78, 5) is 2.27. The standard InChI is InChI=1S/C16H19BrN2/c1-3-19(13-7-5-4-6-8-13)14-9-10-15(12(2)18)16(17)11-14/h4-12H,3,18H2,1-2H3/t12-/m1/s1. The van der Waals surface area contributed by atoms with Crippen LogP contribution < -0.4 is 10.6 Å². The van der Waals surface area contributed by atoms with E-state index in [1.54, 1.807) is 0 Å². The van der Waals surface area contributed by atoms with Gasteiger partial charge in [-0.05, 0) is 43.7 Å². The molecule has 0 saturated carbocycles. The second-order valence-electron chi connectivity index (χ2n) is 4.57. The number of nitrogens with zero attached hydrogens (tertiary/aromatic N) is 1. The second-order valence-corrected chi connectivity index (χ2v) is 5.43. The molecular weight excluding hydrogens is 300 g/mol. The van der Waals surface area contributed by atoms with Gasteiger partial charge in [-0.1, -0.05) is 40.2 Å². The molecule has 2 nitrogen and oxygen atoms in total. The van der Waals surface area contributed by atoms with Gasteiger partial charge in [-0.2, -0.15) is 0 Å². The van der Waals surface area contributed by atoms with Crippen molar-refractivity contribution in [2.75, 3.05) is 11.4 Å². The van der Waals surface area contributed by atoms with Crippen LogP contribution in [0.15, 0.2) is 53.0 Å². The summed E-state index contributed by atoms with van der Waals surface area (Å²) in [5.41, 5.74) is 9.44. The fraction of sp³-hybridized carbons (Fsp3) is 0.250. The molecule has 0 bridgehead atoms. The van der Waals surface area contributed by atoms with E-state index in [9.17, 15) is 0 Å². The van der Waals surface area contributed by atoms with Crippen molar-refractivity contribution in [3.63, 3.8) is 0 Å². The lowest BCUT2D eigenvalue weighted by Gasteiger charge is -2.24. The highest BCUT2D eigenvalue weighted by Gasteiger charge is 2.10. The zero-order chi connectivity index (χ0) is 13.8. The molecule has 0 radical (unpaired) electrons. The van der Waals surface area contributed by atoms with Gasteiger partial charge in [-0.15, -0.1) is 0 Å². The van der Waals surface area contributed by atoms with Gasteiger partial charge in [-0.3, -0.25) is 0 Å². The van der Waals surface area contributed by atoms with Gasteiger partial charge in [0.25, 0.3) is 0 Å². The first-order chi connectivity index (χ1) is 9.13. The van der Waals surface area contributed by atoms with Crippen LogP contribution in [0.5, 0.6) is 0 Å². The molecule has 1 atom stereocenters. The predicted molar refractivity (Wildman–Crippen MR) is 85.9 cm³/mol. The first-order valence-electron chi connectivity index (χ1n) is 6.51. The summed E-state index contributed by atoms with van der Waals surface area (Å²) in [5.74, 6) is 0. The Bertz CT molecular complexity index is 538. The summed E-state index contributed by atoms with van der Waals surface area (Å²) in [5, 5.41) is 0. The quantitative estimate of drug-likeness (QED) is 0.890. The molecule has 0 unspecified atom stereocenters. The molecule has 0 heterocycles. The van der Waals surface area contributed by atoms with Crippen molar-refractivity contribution >= 4 is 27.3 Å². The number of halogens is 1. The van der Waals surface area contributed by atoms with Crippen LogP contribution in [0.4, 0.5) is 11.4 Å². The molecule has 0 saturated heterocycles. The molecule has 0 spiro atoms. The first kappa shape index (κ1) is 14.1. The zero-order valence-corrected chi connectivity index (χ0v) is 12.9. The van der Waals surface area contributed by atoms with E-state index in [4.69, 9.17) is 5.73 Å². The lowest BCUT2D eigenvalue weighted by Crippen LogP contribution is -2.16. The van der Waals surface area contributed by atoms with Crippen LogP contribution in [0.1, 0.15) is 25.5 Å². The Morgan fingerprint density at radius 1 is 1.11 bits per heavy atom. The third-order valence-corrected chi connectivity index (χ3v) is 3.86.